The van der Waals surface area contributed by atoms with Crippen LogP contribution in [0.2, 0.25) is 0 Å². The summed E-state index contributed by atoms with van der Waals surface area (Å²) in [5, 5.41) is 0. The third-order valence-electron chi connectivity index (χ3n) is 7.92. The van der Waals surface area contributed by atoms with E-state index in [0.29, 0.717) is 23.7 Å². The lowest BCUT2D eigenvalue weighted by molar-refractivity contribution is 0.269. The zero-order valence-corrected chi connectivity index (χ0v) is 20.8. The van der Waals surface area contributed by atoms with Crippen LogP contribution in [0.4, 0.5) is 0 Å². The molecule has 0 spiro atoms. The topological polar surface area (TPSA) is 0 Å². The van der Waals surface area contributed by atoms with E-state index >= 15 is 0 Å². The minimum atomic E-state index is 0.107. The van der Waals surface area contributed by atoms with Crippen LogP contribution in [0, 0.1) is 17.3 Å². The van der Waals surface area contributed by atoms with Gasteiger partial charge in [0.15, 0.2) is 0 Å². The minimum absolute atomic E-state index is 0.107. The number of allylic oxidation sites excluding steroid dienone is 4. The third-order valence-corrected chi connectivity index (χ3v) is 7.92. The number of hydrogen-bond donors (Lipinski definition) is 0. The summed E-state index contributed by atoms with van der Waals surface area (Å²) >= 11 is 0. The smallest absolute Gasteiger partial charge is 0.0120 e. The molecule has 0 amide bonds. The molecule has 0 aliphatic heterocycles. The summed E-state index contributed by atoms with van der Waals surface area (Å²) in [6.45, 7) is 19.3. The van der Waals surface area contributed by atoms with Gasteiger partial charge in [-0.2, -0.15) is 0 Å². The van der Waals surface area contributed by atoms with Gasteiger partial charge in [0.2, 0.25) is 0 Å². The number of rotatable bonds is 6. The molecule has 0 radical (unpaired) electrons. The Morgan fingerprint density at radius 2 is 1.00 bits per heavy atom. The molecule has 0 aromatic heterocycles. The minimum Gasteiger partial charge on any atom is -0.0619 e. The highest BCUT2D eigenvalue weighted by Gasteiger charge is 2.49. The Balaban J connectivity index is 1.96. The summed E-state index contributed by atoms with van der Waals surface area (Å²) in [6.07, 6.45) is 2.26. The quantitative estimate of drug-likeness (QED) is 0.443. The Hall–Kier alpha value is -2.08. The molecule has 2 aliphatic carbocycles. The van der Waals surface area contributed by atoms with Crippen LogP contribution in [0.1, 0.15) is 102 Å². The molecule has 0 nitrogen and oxygen atoms in total. The number of benzene rings is 2. The van der Waals surface area contributed by atoms with Crippen molar-refractivity contribution in [3.63, 3.8) is 0 Å². The van der Waals surface area contributed by atoms with Crippen molar-refractivity contribution >= 4 is 11.1 Å². The predicted octanol–water partition coefficient (Wildman–Crippen LogP) is 9.25. The Morgan fingerprint density at radius 1 is 0.645 bits per heavy atom. The number of hydrogen-bond acceptors (Lipinski definition) is 0. The lowest BCUT2D eigenvalue weighted by Crippen LogP contribution is -2.30. The van der Waals surface area contributed by atoms with Crippen molar-refractivity contribution < 1.29 is 0 Å². The van der Waals surface area contributed by atoms with E-state index in [1.165, 1.54) is 11.1 Å². The van der Waals surface area contributed by atoms with Gasteiger partial charge >= 0.3 is 0 Å². The van der Waals surface area contributed by atoms with Crippen LogP contribution in [-0.4, -0.2) is 0 Å². The fourth-order valence-corrected chi connectivity index (χ4v) is 7.04. The Bertz CT molecular complexity index is 958. The van der Waals surface area contributed by atoms with Crippen molar-refractivity contribution in [3.05, 3.63) is 81.9 Å². The summed E-state index contributed by atoms with van der Waals surface area (Å²) in [5.41, 5.74) is 12.8. The summed E-state index contributed by atoms with van der Waals surface area (Å²) in [4.78, 5) is 0. The van der Waals surface area contributed by atoms with Gasteiger partial charge in [-0.25, -0.2) is 0 Å². The molecule has 0 bridgehead atoms. The van der Waals surface area contributed by atoms with E-state index in [0.717, 1.165) is 12.8 Å². The molecule has 31 heavy (non-hydrogen) atoms. The highest BCUT2D eigenvalue weighted by atomic mass is 14.5. The zero-order chi connectivity index (χ0) is 22.5. The second kappa shape index (κ2) is 8.12. The maximum absolute atomic E-state index is 2.55. The van der Waals surface area contributed by atoms with Gasteiger partial charge in [-0.3, -0.25) is 0 Å². The van der Waals surface area contributed by atoms with Crippen LogP contribution in [0.5, 0.6) is 0 Å². The second-order valence-corrected chi connectivity index (χ2v) is 10.8. The van der Waals surface area contributed by atoms with E-state index in [1.807, 2.05) is 0 Å². The second-order valence-electron chi connectivity index (χ2n) is 10.8. The van der Waals surface area contributed by atoms with E-state index in [2.05, 4.69) is 104 Å². The maximum atomic E-state index is 2.55. The van der Waals surface area contributed by atoms with Gasteiger partial charge in [0.25, 0.3) is 0 Å². The first-order valence-electron chi connectivity index (χ1n) is 12.4. The van der Waals surface area contributed by atoms with Crippen molar-refractivity contribution in [2.45, 2.75) is 80.1 Å². The first-order valence-corrected chi connectivity index (χ1v) is 12.4. The lowest BCUT2D eigenvalue weighted by atomic mass is 9.61. The molecule has 0 fully saturated rings. The largest absolute Gasteiger partial charge is 0.0619 e. The molecule has 4 rings (SSSR count). The van der Waals surface area contributed by atoms with Crippen LogP contribution >= 0.6 is 0 Å². The van der Waals surface area contributed by atoms with Gasteiger partial charge in [0.05, 0.1) is 0 Å². The predicted molar refractivity (Wildman–Crippen MR) is 136 cm³/mol. The highest BCUT2D eigenvalue weighted by Crippen LogP contribution is 2.63. The standard InChI is InChI=1S/C31H40/c1-9-21-27(19(3)4)23-15-11-13-17-25(23)29(21)31(7,8)30-22(10-2)28(20(5)6)24-16-12-14-18-26(24)30/h11-20,29-30H,9-10H2,1-8H3. The Kier molecular flexibility index (Phi) is 5.80. The van der Waals surface area contributed by atoms with Crippen LogP contribution in [0.25, 0.3) is 11.1 Å². The van der Waals surface area contributed by atoms with E-state index in [-0.39, 0.29) is 5.41 Å². The maximum Gasteiger partial charge on any atom is 0.0120 e. The van der Waals surface area contributed by atoms with Gasteiger partial charge < -0.3 is 0 Å². The molecule has 2 aromatic rings. The highest BCUT2D eigenvalue weighted by molar-refractivity contribution is 5.82. The molecule has 0 N–H and O–H groups in total. The van der Waals surface area contributed by atoms with Crippen LogP contribution in [0.3, 0.4) is 0 Å². The monoisotopic (exact) mass is 412 g/mol. The normalized spacial score (nSPS) is 20.8. The van der Waals surface area contributed by atoms with E-state index in [4.69, 9.17) is 0 Å². The van der Waals surface area contributed by atoms with Crippen molar-refractivity contribution in [1.29, 1.82) is 0 Å². The first-order chi connectivity index (χ1) is 14.8. The first kappa shape index (κ1) is 22.1. The molecule has 2 aromatic carbocycles. The molecule has 0 heterocycles. The van der Waals surface area contributed by atoms with Crippen molar-refractivity contribution in [2.24, 2.45) is 17.3 Å². The SMILES string of the molecule is CCC1=C(C(C)C)c2ccccc2C1C(C)(C)C1C(CC)=C(C(C)C)c2ccccc21. The average Bonchev–Trinajstić information content (AvgIpc) is 3.27. The Labute approximate surface area is 190 Å². The molecule has 2 aliphatic rings. The van der Waals surface area contributed by atoms with E-state index in [9.17, 15) is 0 Å². The van der Waals surface area contributed by atoms with Crippen molar-refractivity contribution in [1.82, 2.24) is 0 Å². The molecule has 0 saturated heterocycles. The van der Waals surface area contributed by atoms with Gasteiger partial charge in [0, 0.05) is 11.8 Å². The lowest BCUT2D eigenvalue weighted by Gasteiger charge is -2.42. The van der Waals surface area contributed by atoms with Crippen LogP contribution in [-0.2, 0) is 0 Å². The molecular weight excluding hydrogens is 372 g/mol. The Morgan fingerprint density at radius 3 is 1.32 bits per heavy atom. The number of fused-ring (bicyclic) bond motifs is 2. The molecule has 2 atom stereocenters. The summed E-state index contributed by atoms with van der Waals surface area (Å²) in [5.74, 6) is 2.05. The van der Waals surface area contributed by atoms with Crippen LogP contribution in [0.15, 0.2) is 59.7 Å². The van der Waals surface area contributed by atoms with Crippen molar-refractivity contribution in [2.75, 3.05) is 0 Å². The fraction of sp³-hybridized carbons (Fsp3) is 0.484. The summed E-state index contributed by atoms with van der Waals surface area (Å²) < 4.78 is 0. The van der Waals surface area contributed by atoms with Crippen molar-refractivity contribution in [3.8, 4) is 0 Å². The molecule has 164 valence electrons. The zero-order valence-electron chi connectivity index (χ0n) is 20.8. The van der Waals surface area contributed by atoms with Gasteiger partial charge in [0.1, 0.15) is 0 Å². The third kappa shape index (κ3) is 3.25. The fourth-order valence-electron chi connectivity index (χ4n) is 7.04. The van der Waals surface area contributed by atoms with Gasteiger partial charge in [-0.05, 0) is 63.5 Å². The van der Waals surface area contributed by atoms with Gasteiger partial charge in [-0.15, -0.1) is 0 Å². The summed E-state index contributed by atoms with van der Waals surface area (Å²) in [6, 6.07) is 18.5. The molecular formula is C31H40. The van der Waals surface area contributed by atoms with Crippen LogP contribution < -0.4 is 0 Å². The summed E-state index contributed by atoms with van der Waals surface area (Å²) in [7, 11) is 0. The van der Waals surface area contributed by atoms with Gasteiger partial charge in [-0.1, -0.05) is 115 Å². The van der Waals surface area contributed by atoms with E-state index in [1.54, 1.807) is 33.4 Å². The molecule has 2 unspecified atom stereocenters. The average molecular weight is 413 g/mol. The molecule has 0 heteroatoms. The molecule has 0 saturated carbocycles. The van der Waals surface area contributed by atoms with E-state index < -0.39 is 0 Å².